The van der Waals surface area contributed by atoms with Crippen LogP contribution in [0, 0.1) is 29.6 Å². The first-order valence-corrected chi connectivity index (χ1v) is 29.7. The Hall–Kier alpha value is -4.39. The molecule has 12 heteroatoms. The molecular formula is C66H94N2O10. The fourth-order valence-electron chi connectivity index (χ4n) is 14.1. The molecule has 1 spiro atoms. The number of hydrogen-bond donors (Lipinski definition) is 11. The maximum Gasteiger partial charge on any atom is 0.303 e. The molecule has 11 N–H and O–H groups in total. The van der Waals surface area contributed by atoms with Gasteiger partial charge in [0.1, 0.15) is 5.75 Å². The van der Waals surface area contributed by atoms with Crippen molar-refractivity contribution in [3.63, 3.8) is 0 Å². The molecule has 78 heavy (non-hydrogen) atoms. The Morgan fingerprint density at radius 1 is 0.897 bits per heavy atom. The summed E-state index contributed by atoms with van der Waals surface area (Å²) in [6.45, 7) is 9.74. The Bertz CT molecular complexity index is 2510. The average molecular weight is 1080 g/mol. The SMILES string of the molecule is CCCCC(O)C(O)C=CC1=C(CC(O)CO)C2CCC(O)C3NC(C)CCC(C3CC(=O)O)C(O)C3(CCCCC3)c3ccc(cc3)CC(C(C)(O)C(CCC(C)C)c3ccc(O)cc3)(CC#Cc3ccccc3CC1)N2. The van der Waals surface area contributed by atoms with E-state index in [0.717, 1.165) is 84.8 Å². The molecule has 0 radical (unpaired) electrons. The highest BCUT2D eigenvalue weighted by molar-refractivity contribution is 5.67. The van der Waals surface area contributed by atoms with Crippen LogP contribution in [0.15, 0.2) is 96.1 Å². The number of fused-ring (bicyclic) bond motifs is 5. The van der Waals surface area contributed by atoms with Crippen molar-refractivity contribution >= 4 is 5.97 Å². The van der Waals surface area contributed by atoms with Crippen LogP contribution in [-0.2, 0) is 23.1 Å². The number of aryl methyl sites for hydroxylation is 1. The standard InChI is InChI=1S/C66H94N2O10/c1-6-7-17-58(72)59(73)34-26-48-23-22-47-15-10-9-14-46(47)16-13-38-66(64(5,78)56(32-18-43(2)3)49-24-29-51(70)30-25-49)41-45-20-27-50(28-21-45)65(36-11-8-12-37-65)63(77)53-31-19-44(4)67-62(55(53)40-61(75)76)60(74)35-33-57(68-66)54(48)39-52(71)42-69/h9-10,14-15,20-21,24-30,34,43-44,52-53,55-60,62-63,67-74,77-78H,6-8,11-12,17-19,22-23,31-33,35-42H2,1-5H3,(H,75,76). The second-order valence-corrected chi connectivity index (χ2v) is 24.6. The number of aromatic hydroxyl groups is 1. The number of benzene rings is 3. The van der Waals surface area contributed by atoms with Gasteiger partial charge < -0.3 is 56.6 Å². The molecule has 4 heterocycles. The molecule has 5 aliphatic rings. The van der Waals surface area contributed by atoms with Gasteiger partial charge in [0.05, 0.1) is 54.7 Å². The quantitative estimate of drug-likeness (QED) is 0.0570. The van der Waals surface area contributed by atoms with E-state index in [4.69, 9.17) is 0 Å². The highest BCUT2D eigenvalue weighted by atomic mass is 16.4. The van der Waals surface area contributed by atoms with Crippen LogP contribution in [0.25, 0.3) is 0 Å². The minimum Gasteiger partial charge on any atom is -0.508 e. The summed E-state index contributed by atoms with van der Waals surface area (Å²) >= 11 is 0. The Kier molecular flexibility index (Phi) is 21.9. The van der Waals surface area contributed by atoms with Crippen LogP contribution in [0.1, 0.15) is 184 Å². The second kappa shape index (κ2) is 27.9. The highest BCUT2D eigenvalue weighted by Crippen LogP contribution is 2.50. The third-order valence-electron chi connectivity index (χ3n) is 18.7. The molecule has 8 rings (SSSR count). The van der Waals surface area contributed by atoms with Gasteiger partial charge in [0.15, 0.2) is 0 Å². The van der Waals surface area contributed by atoms with Crippen molar-refractivity contribution in [3.8, 4) is 17.6 Å². The largest absolute Gasteiger partial charge is 0.508 e. The van der Waals surface area contributed by atoms with Gasteiger partial charge in [-0.2, -0.15) is 0 Å². The molecule has 428 valence electrons. The van der Waals surface area contributed by atoms with E-state index in [0.29, 0.717) is 44.1 Å². The maximum absolute atomic E-state index is 14.3. The molecule has 4 aliphatic heterocycles. The Balaban J connectivity index is 1.56. The summed E-state index contributed by atoms with van der Waals surface area (Å²) in [7, 11) is 0. The van der Waals surface area contributed by atoms with Gasteiger partial charge in [0, 0.05) is 41.4 Å². The first-order chi connectivity index (χ1) is 37.3. The molecule has 1 saturated heterocycles. The summed E-state index contributed by atoms with van der Waals surface area (Å²) in [6, 6.07) is 22.0. The van der Waals surface area contributed by atoms with Crippen LogP contribution in [0.5, 0.6) is 5.75 Å². The zero-order chi connectivity index (χ0) is 56.2. The van der Waals surface area contributed by atoms with Crippen molar-refractivity contribution in [2.75, 3.05) is 6.61 Å². The van der Waals surface area contributed by atoms with Gasteiger partial charge in [-0.05, 0) is 160 Å². The molecular weight excluding hydrogens is 981 g/mol. The minimum absolute atomic E-state index is 0.0237. The lowest BCUT2D eigenvalue weighted by Gasteiger charge is -2.52. The molecule has 2 fully saturated rings. The van der Waals surface area contributed by atoms with Gasteiger partial charge in [-0.25, -0.2) is 0 Å². The number of unbranched alkanes of at least 4 members (excludes halogenated alkanes) is 1. The number of phenolic OH excluding ortho intramolecular Hbond substituents is 1. The lowest BCUT2D eigenvalue weighted by atomic mass is 9.59. The Morgan fingerprint density at radius 2 is 1.62 bits per heavy atom. The van der Waals surface area contributed by atoms with Gasteiger partial charge in [0.2, 0.25) is 0 Å². The number of allylic oxidation sites excluding steroid dienone is 2. The maximum atomic E-state index is 14.3. The first kappa shape index (κ1) is 61.2. The van der Waals surface area contributed by atoms with Crippen molar-refractivity contribution in [2.24, 2.45) is 17.8 Å². The van der Waals surface area contributed by atoms with Gasteiger partial charge in [-0.3, -0.25) is 4.79 Å². The minimum atomic E-state index is -1.65. The number of aliphatic carboxylic acids is 1. The van der Waals surface area contributed by atoms with Crippen LogP contribution >= 0.6 is 0 Å². The third kappa shape index (κ3) is 14.7. The fraction of sp³-hybridized carbons (Fsp3) is 0.621. The van der Waals surface area contributed by atoms with Crippen LogP contribution < -0.4 is 10.6 Å². The number of carbonyl (C=O) groups is 1. The average Bonchev–Trinajstić information content (AvgIpc) is 3.77. The van der Waals surface area contributed by atoms with Crippen molar-refractivity contribution < 1.29 is 50.8 Å². The molecule has 3 aromatic carbocycles. The molecule has 13 unspecified atom stereocenters. The number of carboxylic acids is 1. The number of carboxylic acid groups (broad SMARTS) is 1. The molecule has 6 bridgehead atoms. The zero-order valence-corrected chi connectivity index (χ0v) is 47.3. The Labute approximate surface area is 465 Å². The van der Waals surface area contributed by atoms with Gasteiger partial charge >= 0.3 is 5.97 Å². The summed E-state index contributed by atoms with van der Waals surface area (Å²) in [5.74, 6) is 4.95. The summed E-state index contributed by atoms with van der Waals surface area (Å²) in [5.41, 5.74) is 2.33. The monoisotopic (exact) mass is 1070 g/mol. The highest BCUT2D eigenvalue weighted by Gasteiger charge is 2.54. The number of hydrogen-bond acceptors (Lipinski definition) is 11. The van der Waals surface area contributed by atoms with E-state index in [1.807, 2.05) is 56.3 Å². The summed E-state index contributed by atoms with van der Waals surface area (Å²) < 4.78 is 0. The van der Waals surface area contributed by atoms with Crippen molar-refractivity contribution in [2.45, 2.75) is 234 Å². The van der Waals surface area contributed by atoms with E-state index in [2.05, 4.69) is 67.5 Å². The number of nitrogens with one attached hydrogen (secondary N) is 2. The van der Waals surface area contributed by atoms with Gasteiger partial charge in [-0.15, -0.1) is 0 Å². The van der Waals surface area contributed by atoms with E-state index in [1.54, 1.807) is 18.2 Å². The molecule has 0 amide bonds. The van der Waals surface area contributed by atoms with E-state index in [9.17, 15) is 50.8 Å². The van der Waals surface area contributed by atoms with Crippen LogP contribution in [-0.4, -0.2) is 118 Å². The van der Waals surface area contributed by atoms with Crippen molar-refractivity contribution in [1.82, 2.24) is 10.6 Å². The van der Waals surface area contributed by atoms with E-state index >= 15 is 0 Å². The summed E-state index contributed by atoms with van der Waals surface area (Å²) in [5, 5.41) is 115. The normalized spacial score (nSPS) is 28.5. The number of rotatable bonds is 17. The molecule has 12 nitrogen and oxygen atoms in total. The fourth-order valence-corrected chi connectivity index (χ4v) is 14.1. The molecule has 13 atom stereocenters. The van der Waals surface area contributed by atoms with Crippen molar-refractivity contribution in [3.05, 3.63) is 124 Å². The molecule has 1 aliphatic carbocycles. The van der Waals surface area contributed by atoms with Gasteiger partial charge in [0.25, 0.3) is 0 Å². The van der Waals surface area contributed by atoms with E-state index < -0.39 is 89.5 Å². The molecule has 3 aromatic rings. The van der Waals surface area contributed by atoms with Gasteiger partial charge in [-0.1, -0.05) is 138 Å². The van der Waals surface area contributed by atoms with Crippen LogP contribution in [0.2, 0.25) is 0 Å². The predicted octanol–water partition coefficient (Wildman–Crippen LogP) is 9.06. The Morgan fingerprint density at radius 3 is 2.29 bits per heavy atom. The first-order valence-electron chi connectivity index (χ1n) is 29.7. The molecule has 0 aromatic heterocycles. The lowest BCUT2D eigenvalue weighted by molar-refractivity contribution is -0.140. The predicted molar refractivity (Wildman–Crippen MR) is 308 cm³/mol. The smallest absolute Gasteiger partial charge is 0.303 e. The second-order valence-electron chi connectivity index (χ2n) is 24.6. The number of phenols is 1. The van der Waals surface area contributed by atoms with Crippen molar-refractivity contribution in [1.29, 1.82) is 0 Å². The molecule has 1 saturated carbocycles. The number of aliphatic hydroxyl groups excluding tert-OH is 6. The van der Waals surface area contributed by atoms with E-state index in [1.165, 1.54) is 0 Å². The van der Waals surface area contributed by atoms with Crippen LogP contribution in [0.4, 0.5) is 0 Å². The van der Waals surface area contributed by atoms with E-state index in [-0.39, 0.29) is 56.2 Å². The number of aliphatic hydroxyl groups is 7. The van der Waals surface area contributed by atoms with Crippen LogP contribution in [0.3, 0.4) is 0 Å². The lowest BCUT2D eigenvalue weighted by Crippen LogP contribution is -2.67. The summed E-state index contributed by atoms with van der Waals surface area (Å²) in [6.07, 6.45) is 8.30. The summed E-state index contributed by atoms with van der Waals surface area (Å²) in [4.78, 5) is 13.1. The third-order valence-corrected chi connectivity index (χ3v) is 18.7. The zero-order valence-electron chi connectivity index (χ0n) is 47.3. The topological polar surface area (TPSA) is 223 Å².